The fraction of sp³-hybridized carbons (Fsp3) is 0. The average molecular weight is 367 g/mol. The van der Waals surface area contributed by atoms with Gasteiger partial charge in [-0.25, -0.2) is 21.9 Å². The maximum Gasteiger partial charge on any atom is 0.264 e. The normalized spacial score (nSPS) is 11.4. The second-order valence-electron chi connectivity index (χ2n) is 4.97. The van der Waals surface area contributed by atoms with Gasteiger partial charge in [0.25, 0.3) is 15.9 Å². The second kappa shape index (κ2) is 6.10. The highest BCUT2D eigenvalue weighted by Gasteiger charge is 2.28. The largest absolute Gasteiger partial charge is 0.502 e. The number of anilines is 1. The Balaban J connectivity index is 2.06. The van der Waals surface area contributed by atoms with Crippen molar-refractivity contribution in [2.24, 2.45) is 0 Å². The molecule has 0 spiro atoms. The van der Waals surface area contributed by atoms with Crippen LogP contribution in [0.3, 0.4) is 0 Å². The lowest BCUT2D eigenvalue weighted by Gasteiger charge is -2.05. The zero-order chi connectivity index (χ0) is 18.2. The SMILES string of the molecule is O=S(=O)(Nc1oc(-c2c(F)cccc2F)c(O)c1O)c1ccccc1. The van der Waals surface area contributed by atoms with E-state index in [-0.39, 0.29) is 4.90 Å². The highest BCUT2D eigenvalue weighted by atomic mass is 32.2. The Labute approximate surface area is 141 Å². The molecule has 1 aromatic heterocycles. The van der Waals surface area contributed by atoms with Crippen LogP contribution in [0.15, 0.2) is 57.8 Å². The van der Waals surface area contributed by atoms with Crippen LogP contribution in [0.5, 0.6) is 11.5 Å². The Bertz CT molecular complexity index is 1010. The van der Waals surface area contributed by atoms with Crippen molar-refractivity contribution in [2.45, 2.75) is 4.90 Å². The van der Waals surface area contributed by atoms with Crippen molar-refractivity contribution >= 4 is 15.9 Å². The summed E-state index contributed by atoms with van der Waals surface area (Å²) in [5.74, 6) is -5.59. The zero-order valence-corrected chi connectivity index (χ0v) is 13.2. The molecule has 0 atom stereocenters. The number of furan rings is 1. The molecule has 0 aliphatic carbocycles. The fourth-order valence-corrected chi connectivity index (χ4v) is 3.16. The Morgan fingerprint density at radius 2 is 1.48 bits per heavy atom. The van der Waals surface area contributed by atoms with E-state index in [9.17, 15) is 27.4 Å². The van der Waals surface area contributed by atoms with E-state index in [1.165, 1.54) is 24.3 Å². The quantitative estimate of drug-likeness (QED) is 0.656. The molecule has 0 aliphatic rings. The van der Waals surface area contributed by atoms with Crippen molar-refractivity contribution in [2.75, 3.05) is 4.72 Å². The Morgan fingerprint density at radius 3 is 2.08 bits per heavy atom. The molecule has 0 aliphatic heterocycles. The predicted octanol–water partition coefficient (Wildman–Crippen LogP) is 3.44. The maximum atomic E-state index is 13.8. The van der Waals surface area contributed by atoms with E-state index in [1.807, 2.05) is 4.72 Å². The van der Waals surface area contributed by atoms with Crippen LogP contribution in [-0.2, 0) is 10.0 Å². The summed E-state index contributed by atoms with van der Waals surface area (Å²) >= 11 is 0. The summed E-state index contributed by atoms with van der Waals surface area (Å²) in [4.78, 5) is -0.135. The standard InChI is InChI=1S/C16H11F2NO5S/c17-10-7-4-8-11(18)12(10)15-13(20)14(21)16(24-15)19-25(22,23)9-5-2-1-3-6-9/h1-8,19-21H. The molecule has 0 saturated heterocycles. The first-order valence-corrected chi connectivity index (χ1v) is 8.36. The Hall–Kier alpha value is -3.07. The van der Waals surface area contributed by atoms with Crippen LogP contribution in [0.4, 0.5) is 14.7 Å². The molecule has 0 fully saturated rings. The molecular weight excluding hydrogens is 356 g/mol. The minimum absolute atomic E-state index is 0.135. The van der Waals surface area contributed by atoms with Gasteiger partial charge in [-0.05, 0) is 24.3 Å². The predicted molar refractivity (Wildman–Crippen MR) is 84.6 cm³/mol. The van der Waals surface area contributed by atoms with Gasteiger partial charge in [-0.1, -0.05) is 24.3 Å². The third kappa shape index (κ3) is 3.01. The number of hydrogen-bond donors (Lipinski definition) is 3. The van der Waals surface area contributed by atoms with E-state index in [2.05, 4.69) is 0 Å². The van der Waals surface area contributed by atoms with Gasteiger partial charge in [-0.15, -0.1) is 0 Å². The van der Waals surface area contributed by atoms with Crippen molar-refractivity contribution in [3.63, 3.8) is 0 Å². The molecule has 0 radical (unpaired) electrons. The minimum atomic E-state index is -4.14. The first-order valence-electron chi connectivity index (χ1n) is 6.88. The molecule has 3 rings (SSSR count). The van der Waals surface area contributed by atoms with E-state index < -0.39 is 50.4 Å². The van der Waals surface area contributed by atoms with Gasteiger partial charge in [0.15, 0.2) is 5.76 Å². The number of aromatic hydroxyl groups is 2. The molecule has 0 saturated carbocycles. The monoisotopic (exact) mass is 367 g/mol. The smallest absolute Gasteiger partial charge is 0.264 e. The zero-order valence-electron chi connectivity index (χ0n) is 12.4. The van der Waals surface area contributed by atoms with Crippen LogP contribution in [-0.4, -0.2) is 18.6 Å². The molecular formula is C16H11F2NO5S. The summed E-state index contributed by atoms with van der Waals surface area (Å²) in [7, 11) is -4.14. The van der Waals surface area contributed by atoms with Gasteiger partial charge in [0.2, 0.25) is 11.5 Å². The van der Waals surface area contributed by atoms with Gasteiger partial charge >= 0.3 is 0 Å². The van der Waals surface area contributed by atoms with Crippen LogP contribution in [0, 0.1) is 11.6 Å². The first kappa shape index (κ1) is 16.8. The van der Waals surface area contributed by atoms with Crippen molar-refractivity contribution in [1.29, 1.82) is 0 Å². The molecule has 25 heavy (non-hydrogen) atoms. The molecule has 6 nitrogen and oxygen atoms in total. The van der Waals surface area contributed by atoms with Gasteiger partial charge in [0.1, 0.15) is 11.6 Å². The van der Waals surface area contributed by atoms with Gasteiger partial charge in [-0.2, -0.15) is 0 Å². The maximum absolute atomic E-state index is 13.8. The minimum Gasteiger partial charge on any atom is -0.502 e. The summed E-state index contributed by atoms with van der Waals surface area (Å²) < 4.78 is 59.0. The lowest BCUT2D eigenvalue weighted by atomic mass is 10.1. The number of nitrogens with one attached hydrogen (secondary N) is 1. The molecule has 3 N–H and O–H groups in total. The molecule has 9 heteroatoms. The van der Waals surface area contributed by atoms with Gasteiger partial charge < -0.3 is 14.6 Å². The number of sulfonamides is 1. The second-order valence-corrected chi connectivity index (χ2v) is 6.66. The van der Waals surface area contributed by atoms with Crippen molar-refractivity contribution in [3.05, 3.63) is 60.2 Å². The van der Waals surface area contributed by atoms with Gasteiger partial charge in [0, 0.05) is 0 Å². The summed E-state index contributed by atoms with van der Waals surface area (Å²) in [6.45, 7) is 0. The van der Waals surface area contributed by atoms with E-state index in [4.69, 9.17) is 4.42 Å². The van der Waals surface area contributed by atoms with E-state index in [1.54, 1.807) is 6.07 Å². The van der Waals surface area contributed by atoms with Crippen LogP contribution in [0.25, 0.3) is 11.3 Å². The topological polar surface area (TPSA) is 99.8 Å². The Kier molecular flexibility index (Phi) is 4.09. The molecule has 0 unspecified atom stereocenters. The van der Waals surface area contributed by atoms with Crippen LogP contribution in [0.1, 0.15) is 0 Å². The van der Waals surface area contributed by atoms with Gasteiger partial charge in [0.05, 0.1) is 10.5 Å². The molecule has 1 heterocycles. The average Bonchev–Trinajstić information content (AvgIpc) is 2.84. The molecule has 3 aromatic rings. The lowest BCUT2D eigenvalue weighted by molar-refractivity contribution is 0.410. The molecule has 2 aromatic carbocycles. The highest BCUT2D eigenvalue weighted by Crippen LogP contribution is 2.47. The summed E-state index contributed by atoms with van der Waals surface area (Å²) in [5.41, 5.74) is -0.736. The summed E-state index contributed by atoms with van der Waals surface area (Å²) in [6.07, 6.45) is 0. The van der Waals surface area contributed by atoms with E-state index >= 15 is 0 Å². The van der Waals surface area contributed by atoms with Crippen molar-refractivity contribution < 1.29 is 31.8 Å². The molecule has 130 valence electrons. The number of halogens is 2. The third-order valence-electron chi connectivity index (χ3n) is 3.33. The Morgan fingerprint density at radius 1 is 0.880 bits per heavy atom. The van der Waals surface area contributed by atoms with E-state index in [0.29, 0.717) is 0 Å². The van der Waals surface area contributed by atoms with Crippen LogP contribution < -0.4 is 4.72 Å². The molecule has 0 bridgehead atoms. The van der Waals surface area contributed by atoms with Crippen molar-refractivity contribution in [3.8, 4) is 22.8 Å². The third-order valence-corrected chi connectivity index (χ3v) is 4.68. The fourth-order valence-electron chi connectivity index (χ4n) is 2.15. The number of hydrogen-bond acceptors (Lipinski definition) is 5. The number of benzene rings is 2. The lowest BCUT2D eigenvalue weighted by Crippen LogP contribution is -2.12. The highest BCUT2D eigenvalue weighted by molar-refractivity contribution is 7.92. The van der Waals surface area contributed by atoms with Crippen LogP contribution >= 0.6 is 0 Å². The first-order chi connectivity index (χ1) is 11.8. The summed E-state index contributed by atoms with van der Waals surface area (Å²) in [6, 6.07) is 10.1. The van der Waals surface area contributed by atoms with Gasteiger partial charge in [-0.3, -0.25) is 0 Å². The summed E-state index contributed by atoms with van der Waals surface area (Å²) in [5, 5.41) is 19.7. The van der Waals surface area contributed by atoms with Crippen LogP contribution in [0.2, 0.25) is 0 Å². The van der Waals surface area contributed by atoms with Crippen molar-refractivity contribution in [1.82, 2.24) is 0 Å². The van der Waals surface area contributed by atoms with E-state index in [0.717, 1.165) is 18.2 Å². The molecule has 0 amide bonds. The number of rotatable bonds is 4.